The molecule has 0 radical (unpaired) electrons. The van der Waals surface area contributed by atoms with E-state index in [-0.39, 0.29) is 23.7 Å². The van der Waals surface area contributed by atoms with E-state index in [2.05, 4.69) is 0 Å². The fourth-order valence-electron chi connectivity index (χ4n) is 4.34. The Morgan fingerprint density at radius 1 is 0.743 bits per heavy atom. The molecular formula is C27H22F2N2O3S. The first-order valence-electron chi connectivity index (χ1n) is 11.0. The minimum Gasteiger partial charge on any atom is -0.389 e. The zero-order valence-electron chi connectivity index (χ0n) is 18.6. The summed E-state index contributed by atoms with van der Waals surface area (Å²) in [4.78, 5) is -0.132. The molecule has 5 rings (SSSR count). The lowest BCUT2D eigenvalue weighted by Gasteiger charge is -2.27. The lowest BCUT2D eigenvalue weighted by molar-refractivity contribution is 0.166. The molecule has 1 heterocycles. The molecule has 178 valence electrons. The van der Waals surface area contributed by atoms with E-state index in [9.17, 15) is 22.3 Å². The molecule has 8 heteroatoms. The maximum absolute atomic E-state index is 13.6. The average Bonchev–Trinajstić information content (AvgIpc) is 3.17. The number of fused-ring (bicyclic) bond motifs is 3. The third kappa shape index (κ3) is 4.38. The van der Waals surface area contributed by atoms with E-state index in [1.54, 1.807) is 0 Å². The van der Waals surface area contributed by atoms with Crippen molar-refractivity contribution in [3.63, 3.8) is 0 Å². The Labute approximate surface area is 201 Å². The topological polar surface area (TPSA) is 62.5 Å². The normalized spacial score (nSPS) is 12.8. The molecule has 0 bridgehead atoms. The molecule has 0 aliphatic rings. The molecule has 1 atom stereocenters. The highest BCUT2D eigenvalue weighted by molar-refractivity contribution is 7.92. The zero-order valence-corrected chi connectivity index (χ0v) is 19.4. The summed E-state index contributed by atoms with van der Waals surface area (Å²) in [5.74, 6) is -1.08. The lowest BCUT2D eigenvalue weighted by Crippen LogP contribution is -2.39. The quantitative estimate of drug-likeness (QED) is 0.334. The van der Waals surface area contributed by atoms with Gasteiger partial charge in [0.15, 0.2) is 0 Å². The number of hydrogen-bond acceptors (Lipinski definition) is 3. The van der Waals surface area contributed by atoms with Crippen molar-refractivity contribution in [2.24, 2.45) is 0 Å². The molecule has 0 saturated carbocycles. The monoisotopic (exact) mass is 492 g/mol. The minimum absolute atomic E-state index is 0.130. The van der Waals surface area contributed by atoms with Gasteiger partial charge in [-0.2, -0.15) is 0 Å². The number of sulfonamides is 1. The van der Waals surface area contributed by atoms with Crippen molar-refractivity contribution in [2.45, 2.75) is 17.5 Å². The highest BCUT2D eigenvalue weighted by atomic mass is 32.2. The molecule has 0 aliphatic carbocycles. The van der Waals surface area contributed by atoms with Crippen molar-refractivity contribution < 1.29 is 22.3 Å². The number of para-hydroxylation sites is 2. The van der Waals surface area contributed by atoms with Crippen molar-refractivity contribution in [2.75, 3.05) is 10.8 Å². The summed E-state index contributed by atoms with van der Waals surface area (Å²) < 4.78 is 56.9. The van der Waals surface area contributed by atoms with Gasteiger partial charge in [-0.25, -0.2) is 17.2 Å². The van der Waals surface area contributed by atoms with Gasteiger partial charge in [-0.3, -0.25) is 4.31 Å². The Kier molecular flexibility index (Phi) is 6.00. The molecule has 0 unspecified atom stereocenters. The van der Waals surface area contributed by atoms with E-state index < -0.39 is 27.8 Å². The lowest BCUT2D eigenvalue weighted by atomic mass is 10.2. The number of rotatable bonds is 7. The maximum atomic E-state index is 13.6. The summed E-state index contributed by atoms with van der Waals surface area (Å²) in [5, 5.41) is 13.2. The minimum atomic E-state index is -4.17. The molecule has 5 aromatic rings. The van der Waals surface area contributed by atoms with E-state index in [1.165, 1.54) is 24.3 Å². The average molecular weight is 493 g/mol. The molecule has 0 saturated heterocycles. The Bertz CT molecular complexity index is 1540. The Morgan fingerprint density at radius 3 is 1.77 bits per heavy atom. The van der Waals surface area contributed by atoms with Crippen LogP contribution in [0.1, 0.15) is 0 Å². The predicted octanol–water partition coefficient (Wildman–Crippen LogP) is 5.33. The van der Waals surface area contributed by atoms with E-state index in [0.29, 0.717) is 0 Å². The number of hydrogen-bond donors (Lipinski definition) is 1. The van der Waals surface area contributed by atoms with Crippen LogP contribution in [-0.4, -0.2) is 30.7 Å². The van der Waals surface area contributed by atoms with Gasteiger partial charge in [-0.1, -0.05) is 36.4 Å². The van der Waals surface area contributed by atoms with Gasteiger partial charge in [0.2, 0.25) is 0 Å². The molecule has 0 amide bonds. The third-order valence-electron chi connectivity index (χ3n) is 5.97. The van der Waals surface area contributed by atoms with Gasteiger partial charge in [-0.15, -0.1) is 0 Å². The first-order chi connectivity index (χ1) is 16.8. The van der Waals surface area contributed by atoms with Crippen LogP contribution in [0.4, 0.5) is 14.5 Å². The fraction of sp³-hybridized carbons (Fsp3) is 0.111. The third-order valence-corrected chi connectivity index (χ3v) is 7.77. The van der Waals surface area contributed by atoms with Gasteiger partial charge in [0.1, 0.15) is 11.6 Å². The van der Waals surface area contributed by atoms with Crippen LogP contribution in [0.3, 0.4) is 0 Å². The van der Waals surface area contributed by atoms with Gasteiger partial charge in [-0.05, 0) is 60.7 Å². The summed E-state index contributed by atoms with van der Waals surface area (Å²) in [6.45, 7) is -0.156. The Balaban J connectivity index is 1.53. The second kappa shape index (κ2) is 9.13. The summed E-state index contributed by atoms with van der Waals surface area (Å²) in [6.07, 6.45) is -1.10. The number of aromatic nitrogens is 1. The molecule has 35 heavy (non-hydrogen) atoms. The fourth-order valence-corrected chi connectivity index (χ4v) is 5.85. The summed E-state index contributed by atoms with van der Waals surface area (Å²) >= 11 is 0. The molecule has 0 spiro atoms. The molecule has 0 fully saturated rings. The van der Waals surface area contributed by atoms with E-state index in [1.807, 2.05) is 53.1 Å². The molecule has 0 aliphatic heterocycles. The SMILES string of the molecule is O=S(=O)(c1ccc(F)cc1)N(C[C@H](O)Cn1c2ccccc2c2ccccc21)c1ccc(F)cc1. The van der Waals surface area contributed by atoms with Crippen LogP contribution in [0.15, 0.2) is 102 Å². The summed E-state index contributed by atoms with van der Waals surface area (Å²) in [5.41, 5.74) is 2.03. The first kappa shape index (κ1) is 23.0. The van der Waals surface area contributed by atoms with Crippen molar-refractivity contribution in [1.29, 1.82) is 0 Å². The van der Waals surface area contributed by atoms with Gasteiger partial charge < -0.3 is 9.67 Å². The molecule has 1 aromatic heterocycles. The highest BCUT2D eigenvalue weighted by Gasteiger charge is 2.28. The van der Waals surface area contributed by atoms with Gasteiger partial charge in [0, 0.05) is 21.8 Å². The zero-order chi connectivity index (χ0) is 24.6. The second-order valence-corrected chi connectivity index (χ2v) is 10.1. The molecule has 4 aromatic carbocycles. The second-order valence-electron chi connectivity index (χ2n) is 8.27. The Morgan fingerprint density at radius 2 is 1.23 bits per heavy atom. The van der Waals surface area contributed by atoms with Crippen molar-refractivity contribution in [3.8, 4) is 0 Å². The Hall–Kier alpha value is -3.75. The summed E-state index contributed by atoms with van der Waals surface area (Å²) in [6, 6.07) is 25.1. The summed E-state index contributed by atoms with van der Waals surface area (Å²) in [7, 11) is -4.17. The number of halogens is 2. The molecular weight excluding hydrogens is 470 g/mol. The maximum Gasteiger partial charge on any atom is 0.264 e. The number of benzene rings is 4. The van der Waals surface area contributed by atoms with Crippen molar-refractivity contribution in [3.05, 3.63) is 109 Å². The van der Waals surface area contributed by atoms with Crippen LogP contribution < -0.4 is 4.31 Å². The molecule has 1 N–H and O–H groups in total. The van der Waals surface area contributed by atoms with Gasteiger partial charge >= 0.3 is 0 Å². The standard InChI is InChI=1S/C27H22F2N2O3S/c28-19-9-13-21(14-10-19)31(35(33,34)23-15-11-20(29)12-16-23)18-22(32)17-30-26-7-3-1-5-24(26)25-6-2-4-8-27(25)30/h1-16,22,32H,17-18H2/t22-/m1/s1. The van der Waals surface area contributed by atoms with Gasteiger partial charge in [0.05, 0.1) is 29.8 Å². The number of nitrogens with zero attached hydrogens (tertiary/aromatic N) is 2. The smallest absolute Gasteiger partial charge is 0.264 e. The van der Waals surface area contributed by atoms with Crippen LogP contribution >= 0.6 is 0 Å². The van der Waals surface area contributed by atoms with Gasteiger partial charge in [0.25, 0.3) is 10.0 Å². The molecule has 5 nitrogen and oxygen atoms in total. The van der Waals surface area contributed by atoms with Crippen LogP contribution in [0.25, 0.3) is 21.8 Å². The largest absolute Gasteiger partial charge is 0.389 e. The van der Waals surface area contributed by atoms with Crippen LogP contribution in [0, 0.1) is 11.6 Å². The van der Waals surface area contributed by atoms with E-state index in [4.69, 9.17) is 0 Å². The number of aliphatic hydroxyl groups is 1. The first-order valence-corrected chi connectivity index (χ1v) is 12.5. The highest BCUT2D eigenvalue weighted by Crippen LogP contribution is 2.30. The van der Waals surface area contributed by atoms with Crippen LogP contribution in [-0.2, 0) is 16.6 Å². The predicted molar refractivity (Wildman–Crippen MR) is 133 cm³/mol. The van der Waals surface area contributed by atoms with Crippen molar-refractivity contribution >= 4 is 37.5 Å². The van der Waals surface area contributed by atoms with E-state index in [0.717, 1.165) is 50.4 Å². The van der Waals surface area contributed by atoms with E-state index >= 15 is 0 Å². The van der Waals surface area contributed by atoms with Crippen LogP contribution in [0.2, 0.25) is 0 Å². The number of anilines is 1. The number of aliphatic hydroxyl groups excluding tert-OH is 1. The van der Waals surface area contributed by atoms with Crippen molar-refractivity contribution in [1.82, 2.24) is 4.57 Å². The van der Waals surface area contributed by atoms with Crippen LogP contribution in [0.5, 0.6) is 0 Å².